The fraction of sp³-hybridized carbons (Fsp3) is 0.700. The SMILES string of the molecule is CCCC(=O)[C@@](N)(CCCN=C(N)N)C(=O)O. The van der Waals surface area contributed by atoms with Crippen molar-refractivity contribution >= 4 is 17.7 Å². The highest BCUT2D eigenvalue weighted by Gasteiger charge is 2.40. The van der Waals surface area contributed by atoms with E-state index in [0.717, 1.165) is 0 Å². The molecule has 0 aromatic heterocycles. The van der Waals surface area contributed by atoms with Gasteiger partial charge >= 0.3 is 5.97 Å². The molecule has 0 radical (unpaired) electrons. The van der Waals surface area contributed by atoms with Crippen LogP contribution in [-0.2, 0) is 9.59 Å². The molecule has 0 unspecified atom stereocenters. The lowest BCUT2D eigenvalue weighted by Gasteiger charge is -2.22. The first-order chi connectivity index (χ1) is 7.84. The van der Waals surface area contributed by atoms with Gasteiger partial charge in [-0.15, -0.1) is 0 Å². The summed E-state index contributed by atoms with van der Waals surface area (Å²) in [4.78, 5) is 26.4. The van der Waals surface area contributed by atoms with Crippen LogP contribution in [0.5, 0.6) is 0 Å². The van der Waals surface area contributed by atoms with Crippen molar-refractivity contribution in [1.82, 2.24) is 0 Å². The van der Waals surface area contributed by atoms with Crippen LogP contribution in [0.2, 0.25) is 0 Å². The minimum Gasteiger partial charge on any atom is -0.480 e. The number of guanidine groups is 1. The summed E-state index contributed by atoms with van der Waals surface area (Å²) in [5, 5.41) is 9.01. The standard InChI is InChI=1S/C10H20N4O3/c1-2-4-7(15)10(13,8(16)17)5-3-6-14-9(11)12/h2-6,13H2,1H3,(H,16,17)(H4,11,12,14)/t10-/m0/s1. The third kappa shape index (κ3) is 4.81. The van der Waals surface area contributed by atoms with E-state index in [0.29, 0.717) is 12.8 Å². The first-order valence-electron chi connectivity index (χ1n) is 5.45. The normalized spacial score (nSPS) is 13.8. The van der Waals surface area contributed by atoms with Crippen LogP contribution >= 0.6 is 0 Å². The molecule has 0 aliphatic rings. The predicted octanol–water partition coefficient (Wildman–Crippen LogP) is -0.809. The molecule has 0 fully saturated rings. The van der Waals surface area contributed by atoms with Gasteiger partial charge in [0, 0.05) is 13.0 Å². The van der Waals surface area contributed by atoms with Gasteiger partial charge in [0.25, 0.3) is 0 Å². The summed E-state index contributed by atoms with van der Waals surface area (Å²) in [5.74, 6) is -1.83. The second-order valence-electron chi connectivity index (χ2n) is 3.86. The Morgan fingerprint density at radius 3 is 2.35 bits per heavy atom. The maximum Gasteiger partial charge on any atom is 0.331 e. The summed E-state index contributed by atoms with van der Waals surface area (Å²) in [7, 11) is 0. The molecule has 0 rings (SSSR count). The first-order valence-corrected chi connectivity index (χ1v) is 5.45. The molecule has 0 saturated heterocycles. The Morgan fingerprint density at radius 2 is 1.94 bits per heavy atom. The third-order valence-electron chi connectivity index (χ3n) is 2.38. The number of aliphatic carboxylic acids is 1. The van der Waals surface area contributed by atoms with Gasteiger partial charge in [-0.3, -0.25) is 9.79 Å². The van der Waals surface area contributed by atoms with Crippen LogP contribution in [0.1, 0.15) is 32.6 Å². The molecule has 0 saturated carbocycles. The molecule has 7 heteroatoms. The molecule has 17 heavy (non-hydrogen) atoms. The number of carboxylic acid groups (broad SMARTS) is 1. The smallest absolute Gasteiger partial charge is 0.331 e. The largest absolute Gasteiger partial charge is 0.480 e. The van der Waals surface area contributed by atoms with Gasteiger partial charge in [-0.1, -0.05) is 6.92 Å². The van der Waals surface area contributed by atoms with Gasteiger partial charge in [0.1, 0.15) is 0 Å². The molecule has 0 spiro atoms. The summed E-state index contributed by atoms with van der Waals surface area (Å²) in [5.41, 5.74) is 14.0. The van der Waals surface area contributed by atoms with Crippen molar-refractivity contribution in [2.24, 2.45) is 22.2 Å². The van der Waals surface area contributed by atoms with Gasteiger partial charge in [0.05, 0.1) is 0 Å². The van der Waals surface area contributed by atoms with Gasteiger partial charge in [-0.2, -0.15) is 0 Å². The Balaban J connectivity index is 4.47. The van der Waals surface area contributed by atoms with Gasteiger partial charge in [-0.25, -0.2) is 4.79 Å². The molecule has 1 atom stereocenters. The lowest BCUT2D eigenvalue weighted by Crippen LogP contribution is -2.54. The van der Waals surface area contributed by atoms with E-state index < -0.39 is 17.3 Å². The molecule has 7 N–H and O–H groups in total. The highest BCUT2D eigenvalue weighted by atomic mass is 16.4. The van der Waals surface area contributed by atoms with Crippen LogP contribution in [0.15, 0.2) is 4.99 Å². The van der Waals surface area contributed by atoms with E-state index in [4.69, 9.17) is 22.3 Å². The molecule has 0 aromatic rings. The fourth-order valence-electron chi connectivity index (χ4n) is 1.38. The van der Waals surface area contributed by atoms with Crippen molar-refractivity contribution in [2.75, 3.05) is 6.54 Å². The van der Waals surface area contributed by atoms with Crippen LogP contribution in [0.3, 0.4) is 0 Å². The molecule has 0 aliphatic heterocycles. The fourth-order valence-corrected chi connectivity index (χ4v) is 1.38. The monoisotopic (exact) mass is 244 g/mol. The van der Waals surface area contributed by atoms with Gasteiger partial charge < -0.3 is 22.3 Å². The molecule has 0 aliphatic carbocycles. The van der Waals surface area contributed by atoms with Crippen LogP contribution < -0.4 is 17.2 Å². The van der Waals surface area contributed by atoms with Crippen molar-refractivity contribution in [3.8, 4) is 0 Å². The molecule has 0 aromatic carbocycles. The summed E-state index contributed by atoms with van der Waals surface area (Å²) in [6.07, 6.45) is 1.10. The number of rotatable bonds is 8. The molecular formula is C10H20N4O3. The Hall–Kier alpha value is -1.63. The molecule has 0 amide bonds. The maximum atomic E-state index is 11.6. The average Bonchev–Trinajstić information content (AvgIpc) is 2.23. The summed E-state index contributed by atoms with van der Waals surface area (Å²) < 4.78 is 0. The second kappa shape index (κ2) is 6.85. The summed E-state index contributed by atoms with van der Waals surface area (Å²) in [6.45, 7) is 2.05. The highest BCUT2D eigenvalue weighted by molar-refractivity contribution is 6.07. The average molecular weight is 244 g/mol. The highest BCUT2D eigenvalue weighted by Crippen LogP contribution is 2.15. The number of nitrogens with two attached hydrogens (primary N) is 3. The first kappa shape index (κ1) is 15.4. The van der Waals surface area contributed by atoms with Crippen molar-refractivity contribution in [3.63, 3.8) is 0 Å². The van der Waals surface area contributed by atoms with Crippen LogP contribution in [0.4, 0.5) is 0 Å². The Labute approximate surface area is 100 Å². The number of Topliss-reactive ketones (excluding diaryl/α,β-unsaturated/α-hetero) is 1. The topological polar surface area (TPSA) is 145 Å². The summed E-state index contributed by atoms with van der Waals surface area (Å²) >= 11 is 0. The molecule has 0 heterocycles. The van der Waals surface area contributed by atoms with Crippen molar-refractivity contribution in [2.45, 2.75) is 38.1 Å². The van der Waals surface area contributed by atoms with E-state index in [1.807, 2.05) is 0 Å². The van der Waals surface area contributed by atoms with Crippen molar-refractivity contribution in [1.29, 1.82) is 0 Å². The van der Waals surface area contributed by atoms with E-state index in [-0.39, 0.29) is 25.3 Å². The summed E-state index contributed by atoms with van der Waals surface area (Å²) in [6, 6.07) is 0. The second-order valence-corrected chi connectivity index (χ2v) is 3.86. The van der Waals surface area contributed by atoms with Crippen molar-refractivity contribution in [3.05, 3.63) is 0 Å². The van der Waals surface area contributed by atoms with E-state index in [2.05, 4.69) is 4.99 Å². The zero-order chi connectivity index (χ0) is 13.5. The van der Waals surface area contributed by atoms with Crippen LogP contribution in [-0.4, -0.2) is 34.9 Å². The Morgan fingerprint density at radius 1 is 1.35 bits per heavy atom. The quantitative estimate of drug-likeness (QED) is 0.190. The molecule has 98 valence electrons. The van der Waals surface area contributed by atoms with Gasteiger partial charge in [0.15, 0.2) is 17.3 Å². The number of ketones is 1. The lowest BCUT2D eigenvalue weighted by atomic mass is 9.87. The number of nitrogens with zero attached hydrogens (tertiary/aromatic N) is 1. The molecule has 7 nitrogen and oxygen atoms in total. The van der Waals surface area contributed by atoms with Crippen molar-refractivity contribution < 1.29 is 14.7 Å². The molecular weight excluding hydrogens is 224 g/mol. The van der Waals surface area contributed by atoms with Crippen LogP contribution in [0, 0.1) is 0 Å². The number of carbonyl (C=O) groups is 2. The zero-order valence-electron chi connectivity index (χ0n) is 9.98. The minimum absolute atomic E-state index is 0.0257. The van der Waals surface area contributed by atoms with E-state index in [9.17, 15) is 9.59 Å². The number of carboxylic acids is 1. The number of hydrogen-bond acceptors (Lipinski definition) is 4. The number of carbonyl (C=O) groups excluding carboxylic acids is 1. The lowest BCUT2D eigenvalue weighted by molar-refractivity contribution is -0.148. The Bertz CT molecular complexity index is 313. The Kier molecular flexibility index (Phi) is 6.19. The number of hydrogen-bond donors (Lipinski definition) is 4. The van der Waals surface area contributed by atoms with Gasteiger partial charge in [-0.05, 0) is 19.3 Å². The minimum atomic E-state index is -1.82. The van der Waals surface area contributed by atoms with E-state index >= 15 is 0 Å². The van der Waals surface area contributed by atoms with Crippen LogP contribution in [0.25, 0.3) is 0 Å². The van der Waals surface area contributed by atoms with Gasteiger partial charge in [0.2, 0.25) is 0 Å². The molecule has 0 bridgehead atoms. The van der Waals surface area contributed by atoms with E-state index in [1.54, 1.807) is 6.92 Å². The third-order valence-corrected chi connectivity index (χ3v) is 2.38. The zero-order valence-corrected chi connectivity index (χ0v) is 9.98. The van der Waals surface area contributed by atoms with E-state index in [1.165, 1.54) is 0 Å². The maximum absolute atomic E-state index is 11.6. The number of aliphatic imine (C=N–C) groups is 1. The predicted molar refractivity (Wildman–Crippen MR) is 64.4 cm³/mol.